The van der Waals surface area contributed by atoms with E-state index in [1.807, 2.05) is 12.1 Å². The molecule has 1 aromatic heterocycles. The van der Waals surface area contributed by atoms with Gasteiger partial charge in [-0.2, -0.15) is 0 Å². The summed E-state index contributed by atoms with van der Waals surface area (Å²) in [6.45, 7) is 6.72. The highest BCUT2D eigenvalue weighted by Gasteiger charge is 2.17. The van der Waals surface area contributed by atoms with Gasteiger partial charge in [-0.05, 0) is 24.5 Å². The Morgan fingerprint density at radius 2 is 1.93 bits per heavy atom. The van der Waals surface area contributed by atoms with E-state index in [0.717, 1.165) is 17.8 Å². The molecule has 0 spiro atoms. The number of fused-ring (bicyclic) bond motifs is 1. The summed E-state index contributed by atoms with van der Waals surface area (Å²) in [4.78, 5) is 0. The Morgan fingerprint density at radius 3 is 2.53 bits per heavy atom. The monoisotopic (exact) mass is 202 g/mol. The zero-order chi connectivity index (χ0) is 10.8. The molecule has 1 heteroatoms. The Morgan fingerprint density at radius 1 is 1.20 bits per heavy atom. The molecule has 80 valence electrons. The first-order valence-corrected chi connectivity index (χ1v) is 5.71. The topological polar surface area (TPSA) is 13.1 Å². The smallest absolute Gasteiger partial charge is 0.134 e. The van der Waals surface area contributed by atoms with Crippen molar-refractivity contribution in [2.45, 2.75) is 33.1 Å². The lowest BCUT2D eigenvalue weighted by atomic mass is 9.91. The van der Waals surface area contributed by atoms with Gasteiger partial charge in [0.2, 0.25) is 0 Å². The van der Waals surface area contributed by atoms with Gasteiger partial charge in [0.05, 0.1) is 0 Å². The van der Waals surface area contributed by atoms with Crippen LogP contribution in [0.25, 0.3) is 11.0 Å². The summed E-state index contributed by atoms with van der Waals surface area (Å²) in [5, 5.41) is 1.21. The van der Waals surface area contributed by atoms with Crippen LogP contribution >= 0.6 is 0 Å². The molecule has 0 aliphatic carbocycles. The van der Waals surface area contributed by atoms with Gasteiger partial charge in [0, 0.05) is 11.3 Å². The van der Waals surface area contributed by atoms with Gasteiger partial charge in [-0.15, -0.1) is 0 Å². The second-order valence-corrected chi connectivity index (χ2v) is 4.45. The van der Waals surface area contributed by atoms with E-state index in [9.17, 15) is 0 Å². The minimum atomic E-state index is 0.539. The van der Waals surface area contributed by atoms with Gasteiger partial charge in [-0.25, -0.2) is 0 Å². The van der Waals surface area contributed by atoms with Crippen molar-refractivity contribution in [3.63, 3.8) is 0 Å². The summed E-state index contributed by atoms with van der Waals surface area (Å²) < 4.78 is 5.88. The summed E-state index contributed by atoms with van der Waals surface area (Å²) in [6.07, 6.45) is 1.14. The molecule has 0 radical (unpaired) electrons. The van der Waals surface area contributed by atoms with Crippen LogP contribution in [0.3, 0.4) is 0 Å². The second kappa shape index (κ2) is 4.09. The molecule has 0 fully saturated rings. The maximum atomic E-state index is 5.88. The highest BCUT2D eigenvalue weighted by atomic mass is 16.3. The lowest BCUT2D eigenvalue weighted by Crippen LogP contribution is -2.03. The SMILES string of the molecule is CC[C@H](c1cc2ccccc2o1)C(C)C. The number of benzene rings is 1. The van der Waals surface area contributed by atoms with Crippen molar-refractivity contribution >= 4 is 11.0 Å². The Labute approximate surface area is 91.1 Å². The molecule has 0 N–H and O–H groups in total. The molecule has 1 heterocycles. The Kier molecular flexibility index (Phi) is 2.81. The predicted molar refractivity (Wildman–Crippen MR) is 64.1 cm³/mol. The van der Waals surface area contributed by atoms with Gasteiger partial charge in [0.15, 0.2) is 0 Å². The lowest BCUT2D eigenvalue weighted by molar-refractivity contribution is 0.401. The standard InChI is InChI=1S/C14H18O/c1-4-12(10(2)3)14-9-11-7-5-6-8-13(11)15-14/h5-10,12H,4H2,1-3H3/t12-/m0/s1. The van der Waals surface area contributed by atoms with E-state index in [-0.39, 0.29) is 0 Å². The minimum absolute atomic E-state index is 0.539. The molecule has 1 nitrogen and oxygen atoms in total. The number of furan rings is 1. The maximum Gasteiger partial charge on any atom is 0.134 e. The molecular formula is C14H18O. The van der Waals surface area contributed by atoms with E-state index in [4.69, 9.17) is 4.42 Å². The third-order valence-electron chi connectivity index (χ3n) is 3.05. The molecule has 0 saturated carbocycles. The summed E-state index contributed by atoms with van der Waals surface area (Å²) in [7, 11) is 0. The third kappa shape index (κ3) is 1.92. The van der Waals surface area contributed by atoms with Crippen molar-refractivity contribution in [1.29, 1.82) is 0 Å². The Bertz CT molecular complexity index is 406. The fourth-order valence-corrected chi connectivity index (χ4v) is 2.19. The molecule has 0 aliphatic heterocycles. The van der Waals surface area contributed by atoms with Gasteiger partial charge >= 0.3 is 0 Å². The van der Waals surface area contributed by atoms with E-state index in [1.165, 1.54) is 5.39 Å². The van der Waals surface area contributed by atoms with Gasteiger partial charge in [0.25, 0.3) is 0 Å². The molecule has 1 aromatic carbocycles. The normalized spacial score (nSPS) is 13.6. The van der Waals surface area contributed by atoms with Gasteiger partial charge < -0.3 is 4.42 Å². The van der Waals surface area contributed by atoms with Crippen LogP contribution in [0.2, 0.25) is 0 Å². The van der Waals surface area contributed by atoms with Crippen molar-refractivity contribution in [2.24, 2.45) is 5.92 Å². The first-order valence-electron chi connectivity index (χ1n) is 5.71. The van der Waals surface area contributed by atoms with Gasteiger partial charge in [-0.3, -0.25) is 0 Å². The summed E-state index contributed by atoms with van der Waals surface area (Å²) in [6, 6.07) is 10.4. The minimum Gasteiger partial charge on any atom is -0.461 e. The number of hydrogen-bond donors (Lipinski definition) is 0. The molecule has 0 bridgehead atoms. The molecule has 0 aliphatic rings. The average Bonchev–Trinajstić information content (AvgIpc) is 2.61. The zero-order valence-corrected chi connectivity index (χ0v) is 9.66. The van der Waals surface area contributed by atoms with Crippen molar-refractivity contribution in [3.05, 3.63) is 36.1 Å². The molecule has 2 rings (SSSR count). The summed E-state index contributed by atoms with van der Waals surface area (Å²) in [5.41, 5.74) is 1.01. The largest absolute Gasteiger partial charge is 0.461 e. The van der Waals surface area contributed by atoms with Crippen molar-refractivity contribution in [3.8, 4) is 0 Å². The first kappa shape index (κ1) is 10.3. The fourth-order valence-electron chi connectivity index (χ4n) is 2.19. The number of para-hydroxylation sites is 1. The fraction of sp³-hybridized carbons (Fsp3) is 0.429. The van der Waals surface area contributed by atoms with Gasteiger partial charge in [0.1, 0.15) is 11.3 Å². The maximum absolute atomic E-state index is 5.88. The van der Waals surface area contributed by atoms with Crippen LogP contribution in [0.1, 0.15) is 38.9 Å². The summed E-state index contributed by atoms with van der Waals surface area (Å²) in [5.74, 6) is 2.31. The number of hydrogen-bond acceptors (Lipinski definition) is 1. The molecule has 0 amide bonds. The zero-order valence-electron chi connectivity index (χ0n) is 9.66. The molecule has 2 aromatic rings. The second-order valence-electron chi connectivity index (χ2n) is 4.45. The molecule has 15 heavy (non-hydrogen) atoms. The molecule has 1 atom stereocenters. The van der Waals surface area contributed by atoms with Crippen molar-refractivity contribution < 1.29 is 4.42 Å². The van der Waals surface area contributed by atoms with E-state index in [0.29, 0.717) is 11.8 Å². The highest BCUT2D eigenvalue weighted by molar-refractivity contribution is 5.77. The van der Waals surface area contributed by atoms with E-state index in [1.54, 1.807) is 0 Å². The Hall–Kier alpha value is -1.24. The molecular weight excluding hydrogens is 184 g/mol. The predicted octanol–water partition coefficient (Wildman–Crippen LogP) is 4.58. The van der Waals surface area contributed by atoms with Crippen LogP contribution in [0.4, 0.5) is 0 Å². The van der Waals surface area contributed by atoms with Crippen LogP contribution < -0.4 is 0 Å². The average molecular weight is 202 g/mol. The third-order valence-corrected chi connectivity index (χ3v) is 3.05. The number of rotatable bonds is 3. The van der Waals surface area contributed by atoms with Crippen LogP contribution in [0.15, 0.2) is 34.7 Å². The van der Waals surface area contributed by atoms with Crippen molar-refractivity contribution in [1.82, 2.24) is 0 Å². The van der Waals surface area contributed by atoms with Crippen molar-refractivity contribution in [2.75, 3.05) is 0 Å². The van der Waals surface area contributed by atoms with Crippen LogP contribution in [-0.2, 0) is 0 Å². The summed E-state index contributed by atoms with van der Waals surface area (Å²) >= 11 is 0. The van der Waals surface area contributed by atoms with Crippen LogP contribution in [0.5, 0.6) is 0 Å². The highest BCUT2D eigenvalue weighted by Crippen LogP contribution is 2.31. The lowest BCUT2D eigenvalue weighted by Gasteiger charge is -2.15. The molecule has 0 unspecified atom stereocenters. The van der Waals surface area contributed by atoms with E-state index >= 15 is 0 Å². The quantitative estimate of drug-likeness (QED) is 0.710. The molecule has 0 saturated heterocycles. The van der Waals surface area contributed by atoms with Crippen LogP contribution in [-0.4, -0.2) is 0 Å². The Balaban J connectivity index is 2.43. The van der Waals surface area contributed by atoms with E-state index < -0.39 is 0 Å². The van der Waals surface area contributed by atoms with Gasteiger partial charge in [-0.1, -0.05) is 39.0 Å². The first-order chi connectivity index (χ1) is 7.22. The van der Waals surface area contributed by atoms with E-state index in [2.05, 4.69) is 39.0 Å². The van der Waals surface area contributed by atoms with Crippen LogP contribution in [0, 0.1) is 5.92 Å².